The fourth-order valence-corrected chi connectivity index (χ4v) is 3.08. The van der Waals surface area contributed by atoms with Gasteiger partial charge in [-0.25, -0.2) is 0 Å². The molecule has 0 aromatic rings. The molecule has 4 heteroatoms. The Kier molecular flexibility index (Phi) is 16.1. The van der Waals surface area contributed by atoms with Gasteiger partial charge >= 0.3 is 6.18 Å². The quantitative estimate of drug-likeness (QED) is 0.269. The predicted octanol–water partition coefficient (Wildman–Crippen LogP) is 7.53. The van der Waals surface area contributed by atoms with Crippen LogP contribution in [0.3, 0.4) is 0 Å². The second-order valence-electron chi connectivity index (χ2n) is 7.24. The van der Waals surface area contributed by atoms with Crippen LogP contribution in [0.15, 0.2) is 0 Å². The monoisotopic (exact) mass is 351 g/mol. The molecular formula is C20H40F3N. The molecule has 24 heavy (non-hydrogen) atoms. The van der Waals surface area contributed by atoms with Gasteiger partial charge in [-0.1, -0.05) is 110 Å². The molecule has 2 N–H and O–H groups in total. The van der Waals surface area contributed by atoms with E-state index in [1.165, 1.54) is 77.0 Å². The highest BCUT2D eigenvalue weighted by atomic mass is 19.4. The molecule has 0 aromatic carbocycles. The van der Waals surface area contributed by atoms with Crippen molar-refractivity contribution in [3.05, 3.63) is 0 Å². The van der Waals surface area contributed by atoms with Gasteiger partial charge in [0, 0.05) is 0 Å². The third kappa shape index (κ3) is 16.6. The number of alkyl halides is 3. The van der Waals surface area contributed by atoms with Crippen LogP contribution in [0.4, 0.5) is 13.2 Å². The van der Waals surface area contributed by atoms with E-state index in [2.05, 4.69) is 6.92 Å². The molecule has 0 radical (unpaired) electrons. The van der Waals surface area contributed by atoms with Gasteiger partial charge in [-0.2, -0.15) is 13.2 Å². The number of hydrogen-bond acceptors (Lipinski definition) is 1. The Morgan fingerprint density at radius 2 is 0.875 bits per heavy atom. The number of hydrogen-bond donors (Lipinski definition) is 1. The highest BCUT2D eigenvalue weighted by Gasteiger charge is 2.35. The minimum atomic E-state index is -4.23. The molecule has 1 atom stereocenters. The lowest BCUT2D eigenvalue weighted by Gasteiger charge is -2.14. The SMILES string of the molecule is CCCCCCCCCCCCCCCCCCC(N)C(F)(F)F. The highest BCUT2D eigenvalue weighted by molar-refractivity contribution is 4.69. The third-order valence-corrected chi connectivity index (χ3v) is 4.79. The molecule has 0 bridgehead atoms. The molecular weight excluding hydrogens is 311 g/mol. The van der Waals surface area contributed by atoms with Crippen LogP contribution in [-0.4, -0.2) is 12.2 Å². The molecule has 0 amide bonds. The van der Waals surface area contributed by atoms with Crippen molar-refractivity contribution >= 4 is 0 Å². The molecule has 1 unspecified atom stereocenters. The Hall–Kier alpha value is -0.250. The van der Waals surface area contributed by atoms with Crippen molar-refractivity contribution in [3.63, 3.8) is 0 Å². The second kappa shape index (κ2) is 16.2. The van der Waals surface area contributed by atoms with Gasteiger partial charge in [-0.05, 0) is 6.42 Å². The molecule has 0 saturated heterocycles. The normalized spacial score (nSPS) is 13.4. The summed E-state index contributed by atoms with van der Waals surface area (Å²) in [5.74, 6) is 0. The summed E-state index contributed by atoms with van der Waals surface area (Å²) >= 11 is 0. The third-order valence-electron chi connectivity index (χ3n) is 4.79. The summed E-state index contributed by atoms with van der Waals surface area (Å²) in [4.78, 5) is 0. The summed E-state index contributed by atoms with van der Waals surface area (Å²) in [6.07, 6.45) is 15.7. The predicted molar refractivity (Wildman–Crippen MR) is 98.2 cm³/mol. The summed E-state index contributed by atoms with van der Waals surface area (Å²) in [5, 5.41) is 0. The van der Waals surface area contributed by atoms with E-state index in [0.717, 1.165) is 19.3 Å². The van der Waals surface area contributed by atoms with Crippen molar-refractivity contribution < 1.29 is 13.2 Å². The van der Waals surface area contributed by atoms with Crippen LogP contribution in [0.25, 0.3) is 0 Å². The maximum absolute atomic E-state index is 12.2. The Balaban J connectivity index is 3.10. The molecule has 1 nitrogen and oxygen atoms in total. The minimum Gasteiger partial charge on any atom is -0.320 e. The first-order chi connectivity index (χ1) is 11.5. The summed E-state index contributed by atoms with van der Waals surface area (Å²) < 4.78 is 36.7. The van der Waals surface area contributed by atoms with Crippen molar-refractivity contribution in [1.29, 1.82) is 0 Å². The van der Waals surface area contributed by atoms with E-state index in [0.29, 0.717) is 6.42 Å². The van der Waals surface area contributed by atoms with Crippen molar-refractivity contribution in [3.8, 4) is 0 Å². The zero-order chi connectivity index (χ0) is 18.1. The first kappa shape index (κ1) is 23.8. The highest BCUT2D eigenvalue weighted by Crippen LogP contribution is 2.22. The lowest BCUT2D eigenvalue weighted by molar-refractivity contribution is -0.149. The number of unbranched alkanes of at least 4 members (excludes halogenated alkanes) is 15. The van der Waals surface area contributed by atoms with Gasteiger partial charge in [0.25, 0.3) is 0 Å². The average molecular weight is 352 g/mol. The van der Waals surface area contributed by atoms with Gasteiger partial charge in [0.1, 0.15) is 6.04 Å². The lowest BCUT2D eigenvalue weighted by Crippen LogP contribution is -2.37. The van der Waals surface area contributed by atoms with Gasteiger partial charge in [-0.15, -0.1) is 0 Å². The van der Waals surface area contributed by atoms with Crippen LogP contribution in [0.5, 0.6) is 0 Å². The van der Waals surface area contributed by atoms with E-state index in [9.17, 15) is 13.2 Å². The molecule has 0 rings (SSSR count). The van der Waals surface area contributed by atoms with E-state index in [-0.39, 0.29) is 6.42 Å². The first-order valence-corrected chi connectivity index (χ1v) is 10.3. The van der Waals surface area contributed by atoms with E-state index >= 15 is 0 Å². The number of nitrogens with two attached hydrogens (primary N) is 1. The fraction of sp³-hybridized carbons (Fsp3) is 1.00. The molecule has 0 aliphatic rings. The van der Waals surface area contributed by atoms with E-state index in [4.69, 9.17) is 5.73 Å². The van der Waals surface area contributed by atoms with Crippen LogP contribution in [0.1, 0.15) is 116 Å². The molecule has 0 aliphatic heterocycles. The first-order valence-electron chi connectivity index (χ1n) is 10.3. The van der Waals surface area contributed by atoms with Crippen molar-refractivity contribution in [1.82, 2.24) is 0 Å². The summed E-state index contributed by atoms with van der Waals surface area (Å²) in [5.41, 5.74) is 5.09. The van der Waals surface area contributed by atoms with Crippen LogP contribution >= 0.6 is 0 Å². The van der Waals surface area contributed by atoms with Crippen LogP contribution in [-0.2, 0) is 0 Å². The smallest absolute Gasteiger partial charge is 0.320 e. The topological polar surface area (TPSA) is 26.0 Å². The lowest BCUT2D eigenvalue weighted by atomic mass is 10.0. The largest absolute Gasteiger partial charge is 0.403 e. The Labute approximate surface area is 148 Å². The van der Waals surface area contributed by atoms with Crippen LogP contribution in [0, 0.1) is 0 Å². The zero-order valence-electron chi connectivity index (χ0n) is 15.8. The fourth-order valence-electron chi connectivity index (χ4n) is 3.08. The summed E-state index contributed by atoms with van der Waals surface area (Å²) in [6, 6.07) is -1.64. The summed E-state index contributed by atoms with van der Waals surface area (Å²) in [7, 11) is 0. The Morgan fingerprint density at radius 3 is 1.17 bits per heavy atom. The van der Waals surface area contributed by atoms with Crippen molar-refractivity contribution in [2.24, 2.45) is 5.73 Å². The number of rotatable bonds is 17. The molecule has 0 spiro atoms. The van der Waals surface area contributed by atoms with Crippen molar-refractivity contribution in [2.45, 2.75) is 128 Å². The van der Waals surface area contributed by atoms with Gasteiger partial charge in [0.15, 0.2) is 0 Å². The van der Waals surface area contributed by atoms with Gasteiger partial charge in [0.05, 0.1) is 0 Å². The van der Waals surface area contributed by atoms with Gasteiger partial charge in [0.2, 0.25) is 0 Å². The maximum Gasteiger partial charge on any atom is 0.403 e. The maximum atomic E-state index is 12.2. The van der Waals surface area contributed by atoms with E-state index in [1.54, 1.807) is 0 Å². The Morgan fingerprint density at radius 1 is 0.583 bits per heavy atom. The molecule has 0 saturated carbocycles. The van der Waals surface area contributed by atoms with Crippen molar-refractivity contribution in [2.75, 3.05) is 0 Å². The van der Waals surface area contributed by atoms with Gasteiger partial charge < -0.3 is 5.73 Å². The molecule has 0 heterocycles. The minimum absolute atomic E-state index is 0.0714. The second-order valence-corrected chi connectivity index (χ2v) is 7.24. The molecule has 0 aromatic heterocycles. The molecule has 0 fully saturated rings. The van der Waals surface area contributed by atoms with E-state index < -0.39 is 12.2 Å². The van der Waals surface area contributed by atoms with Crippen LogP contribution < -0.4 is 5.73 Å². The van der Waals surface area contributed by atoms with Gasteiger partial charge in [-0.3, -0.25) is 0 Å². The standard InChI is InChI=1S/C20H40F3N/c1-2-3-4-5-6-7-8-9-10-11-12-13-14-15-16-17-18-19(24)20(21,22)23/h19H,2-18,24H2,1H3. The summed E-state index contributed by atoms with van der Waals surface area (Å²) in [6.45, 7) is 2.25. The zero-order valence-corrected chi connectivity index (χ0v) is 15.8. The Bertz CT molecular complexity index is 254. The molecule has 0 aliphatic carbocycles. The number of halogens is 3. The molecule has 146 valence electrons. The van der Waals surface area contributed by atoms with Crippen LogP contribution in [0.2, 0.25) is 0 Å². The average Bonchev–Trinajstić information content (AvgIpc) is 2.53. The van der Waals surface area contributed by atoms with E-state index in [1.807, 2.05) is 0 Å².